The highest BCUT2D eigenvalue weighted by molar-refractivity contribution is 7.98. The van der Waals surface area contributed by atoms with E-state index in [1.54, 1.807) is 43.6 Å². The van der Waals surface area contributed by atoms with Crippen molar-refractivity contribution in [2.75, 3.05) is 24.0 Å². The van der Waals surface area contributed by atoms with Gasteiger partial charge in [-0.3, -0.25) is 4.79 Å². The summed E-state index contributed by atoms with van der Waals surface area (Å²) in [7, 11) is 1.56. The molecule has 0 atom stereocenters. The summed E-state index contributed by atoms with van der Waals surface area (Å²) in [5.74, 6) is 0.528. The van der Waals surface area contributed by atoms with E-state index in [-0.39, 0.29) is 11.7 Å². The van der Waals surface area contributed by atoms with Crippen LogP contribution in [0, 0.1) is 5.82 Å². The number of thioether (sulfide) groups is 1. The first kappa shape index (κ1) is 23.1. The lowest BCUT2D eigenvalue weighted by atomic mass is 10.1. The SMILES string of the molecule is C=CC(=O)Nc1ccc(OC)c(Nc2cc(-c3nc(SC)[nH]c3-c3ccc(F)cc3)ccn2)c1. The van der Waals surface area contributed by atoms with Gasteiger partial charge in [0.25, 0.3) is 0 Å². The van der Waals surface area contributed by atoms with Gasteiger partial charge in [-0.25, -0.2) is 14.4 Å². The van der Waals surface area contributed by atoms with Crippen molar-refractivity contribution in [2.45, 2.75) is 5.16 Å². The molecule has 172 valence electrons. The van der Waals surface area contributed by atoms with Crippen molar-refractivity contribution in [3.8, 4) is 28.3 Å². The molecule has 0 fully saturated rings. The molecule has 2 heterocycles. The molecule has 4 aromatic rings. The van der Waals surface area contributed by atoms with Gasteiger partial charge >= 0.3 is 0 Å². The van der Waals surface area contributed by atoms with Gasteiger partial charge in [0.05, 0.1) is 24.2 Å². The minimum absolute atomic E-state index is 0.300. The van der Waals surface area contributed by atoms with E-state index in [9.17, 15) is 9.18 Å². The number of ether oxygens (including phenoxy) is 1. The Kier molecular flexibility index (Phi) is 6.93. The van der Waals surface area contributed by atoms with Crippen LogP contribution in [0.4, 0.5) is 21.6 Å². The molecule has 1 amide bonds. The van der Waals surface area contributed by atoms with Crippen LogP contribution in [-0.2, 0) is 4.79 Å². The molecule has 2 aromatic heterocycles. The number of carbonyl (C=O) groups is 1. The number of aromatic amines is 1. The third kappa shape index (κ3) is 5.10. The van der Waals surface area contributed by atoms with Crippen LogP contribution in [-0.4, -0.2) is 34.2 Å². The molecule has 34 heavy (non-hydrogen) atoms. The van der Waals surface area contributed by atoms with Gasteiger partial charge in [-0.15, -0.1) is 0 Å². The van der Waals surface area contributed by atoms with E-state index in [2.05, 4.69) is 27.2 Å². The van der Waals surface area contributed by atoms with Crippen LogP contribution in [0.1, 0.15) is 0 Å². The topological polar surface area (TPSA) is 91.9 Å². The minimum atomic E-state index is -0.312. The van der Waals surface area contributed by atoms with Crippen molar-refractivity contribution in [1.82, 2.24) is 15.0 Å². The highest BCUT2D eigenvalue weighted by Gasteiger charge is 2.15. The summed E-state index contributed by atoms with van der Waals surface area (Å²) in [4.78, 5) is 24.1. The van der Waals surface area contributed by atoms with Crippen LogP contribution in [0.3, 0.4) is 0 Å². The van der Waals surface area contributed by atoms with E-state index in [4.69, 9.17) is 9.72 Å². The first-order chi connectivity index (χ1) is 16.5. The predicted molar refractivity (Wildman–Crippen MR) is 134 cm³/mol. The number of carbonyl (C=O) groups excluding carboxylic acids is 1. The number of aromatic nitrogens is 3. The Labute approximate surface area is 200 Å². The molecule has 2 aromatic carbocycles. The smallest absolute Gasteiger partial charge is 0.247 e. The van der Waals surface area contributed by atoms with E-state index in [0.717, 1.165) is 27.7 Å². The summed E-state index contributed by atoms with van der Waals surface area (Å²) in [5, 5.41) is 6.72. The highest BCUT2D eigenvalue weighted by atomic mass is 32.2. The zero-order chi connectivity index (χ0) is 24.1. The molecule has 7 nitrogen and oxygen atoms in total. The number of imidazole rings is 1. The number of hydrogen-bond donors (Lipinski definition) is 3. The third-order valence-corrected chi connectivity index (χ3v) is 5.54. The molecule has 9 heteroatoms. The van der Waals surface area contributed by atoms with Gasteiger partial charge in [0.2, 0.25) is 5.91 Å². The number of pyridine rings is 1. The van der Waals surface area contributed by atoms with Crippen LogP contribution in [0.15, 0.2) is 78.6 Å². The molecule has 0 unspecified atom stereocenters. The monoisotopic (exact) mass is 475 g/mol. The molecular formula is C25H22FN5O2S. The average molecular weight is 476 g/mol. The minimum Gasteiger partial charge on any atom is -0.495 e. The molecule has 0 aliphatic heterocycles. The lowest BCUT2D eigenvalue weighted by Crippen LogP contribution is -2.07. The summed E-state index contributed by atoms with van der Waals surface area (Å²) in [6.45, 7) is 3.47. The molecule has 3 N–H and O–H groups in total. The van der Waals surface area contributed by atoms with Crippen molar-refractivity contribution >= 4 is 34.9 Å². The summed E-state index contributed by atoms with van der Waals surface area (Å²) in [6, 6.07) is 15.2. The summed E-state index contributed by atoms with van der Waals surface area (Å²) >= 11 is 1.49. The number of methoxy groups -OCH3 is 1. The van der Waals surface area contributed by atoms with Gasteiger partial charge in [0.15, 0.2) is 5.16 Å². The maximum atomic E-state index is 13.5. The largest absolute Gasteiger partial charge is 0.495 e. The fourth-order valence-electron chi connectivity index (χ4n) is 3.34. The van der Waals surface area contributed by atoms with Gasteiger partial charge in [-0.2, -0.15) is 0 Å². The Morgan fingerprint density at radius 1 is 1.15 bits per heavy atom. The Bertz CT molecular complexity index is 1340. The number of H-pyrrole nitrogens is 1. The van der Waals surface area contributed by atoms with Gasteiger partial charge < -0.3 is 20.4 Å². The second-order valence-electron chi connectivity index (χ2n) is 7.14. The number of rotatable bonds is 8. The van der Waals surface area contributed by atoms with Crippen molar-refractivity contribution in [2.24, 2.45) is 0 Å². The number of amides is 1. The normalized spacial score (nSPS) is 10.6. The first-order valence-corrected chi connectivity index (χ1v) is 11.5. The number of hydrogen-bond acceptors (Lipinski definition) is 6. The van der Waals surface area contributed by atoms with E-state index in [0.29, 0.717) is 22.9 Å². The first-order valence-electron chi connectivity index (χ1n) is 10.3. The Morgan fingerprint density at radius 3 is 2.65 bits per heavy atom. The molecule has 0 saturated heterocycles. The van der Waals surface area contributed by atoms with E-state index in [1.807, 2.05) is 18.4 Å². The fourth-order valence-corrected chi connectivity index (χ4v) is 3.73. The van der Waals surface area contributed by atoms with Gasteiger partial charge in [0, 0.05) is 23.0 Å². The lowest BCUT2D eigenvalue weighted by molar-refractivity contribution is -0.111. The second kappa shape index (κ2) is 10.2. The quantitative estimate of drug-likeness (QED) is 0.218. The summed E-state index contributed by atoms with van der Waals surface area (Å²) < 4.78 is 18.9. The van der Waals surface area contributed by atoms with Crippen molar-refractivity contribution in [3.63, 3.8) is 0 Å². The standard InChI is InChI=1S/C25H22FN5O2S/c1-4-22(32)28-18-9-10-20(33-2)19(14-18)29-21-13-16(11-12-27-21)24-23(30-25(31-24)34-3)15-5-7-17(26)8-6-15/h4-14H,1H2,2-3H3,(H,27,29)(H,28,32)(H,30,31). The summed E-state index contributed by atoms with van der Waals surface area (Å²) in [6.07, 6.45) is 4.81. The molecule has 0 spiro atoms. The van der Waals surface area contributed by atoms with Gasteiger partial charge in [-0.05, 0) is 66.9 Å². The zero-order valence-corrected chi connectivity index (χ0v) is 19.4. The number of nitrogens with one attached hydrogen (secondary N) is 3. The zero-order valence-electron chi connectivity index (χ0n) is 18.6. The molecule has 0 aliphatic carbocycles. The lowest BCUT2D eigenvalue weighted by Gasteiger charge is -2.13. The number of nitrogens with zero attached hydrogens (tertiary/aromatic N) is 2. The second-order valence-corrected chi connectivity index (χ2v) is 7.93. The van der Waals surface area contributed by atoms with E-state index < -0.39 is 0 Å². The molecule has 4 rings (SSSR count). The van der Waals surface area contributed by atoms with Crippen molar-refractivity contribution in [1.29, 1.82) is 0 Å². The van der Waals surface area contributed by atoms with Crippen LogP contribution in [0.5, 0.6) is 5.75 Å². The number of halogens is 1. The van der Waals surface area contributed by atoms with Crippen LogP contribution < -0.4 is 15.4 Å². The Hall–Kier alpha value is -4.11. The van der Waals surface area contributed by atoms with Crippen LogP contribution >= 0.6 is 11.8 Å². The Balaban J connectivity index is 1.69. The molecule has 0 aliphatic rings. The van der Waals surface area contributed by atoms with Crippen molar-refractivity contribution < 1.29 is 13.9 Å². The molecule has 0 radical (unpaired) electrons. The maximum absolute atomic E-state index is 13.5. The number of benzene rings is 2. The van der Waals surface area contributed by atoms with E-state index >= 15 is 0 Å². The highest BCUT2D eigenvalue weighted by Crippen LogP contribution is 2.35. The van der Waals surface area contributed by atoms with Crippen LogP contribution in [0.25, 0.3) is 22.5 Å². The molecule has 0 saturated carbocycles. The predicted octanol–water partition coefficient (Wildman–Crippen LogP) is 5.88. The molecule has 0 bridgehead atoms. The molecular weight excluding hydrogens is 453 g/mol. The Morgan fingerprint density at radius 2 is 1.94 bits per heavy atom. The average Bonchev–Trinajstić information content (AvgIpc) is 3.29. The van der Waals surface area contributed by atoms with Gasteiger partial charge in [0.1, 0.15) is 17.4 Å². The third-order valence-electron chi connectivity index (χ3n) is 4.96. The number of anilines is 3. The van der Waals surface area contributed by atoms with Crippen LogP contribution in [0.2, 0.25) is 0 Å². The van der Waals surface area contributed by atoms with Gasteiger partial charge in [-0.1, -0.05) is 18.3 Å². The summed E-state index contributed by atoms with van der Waals surface area (Å²) in [5.41, 5.74) is 4.36. The van der Waals surface area contributed by atoms with Crippen molar-refractivity contribution in [3.05, 3.63) is 79.3 Å². The maximum Gasteiger partial charge on any atom is 0.247 e. The fraction of sp³-hybridized carbons (Fsp3) is 0.0800. The van der Waals surface area contributed by atoms with E-state index in [1.165, 1.54) is 30.0 Å².